The van der Waals surface area contributed by atoms with Crippen LogP contribution >= 0.6 is 0 Å². The number of rotatable bonds is 6. The summed E-state index contributed by atoms with van der Waals surface area (Å²) in [5.41, 5.74) is 1.56. The molecule has 0 spiro atoms. The maximum Gasteiger partial charge on any atom is 0.0434 e. The number of hydrogen-bond donors (Lipinski definition) is 2. The van der Waals surface area contributed by atoms with Gasteiger partial charge < -0.3 is 10.4 Å². The molecule has 1 rings (SSSR count). The summed E-state index contributed by atoms with van der Waals surface area (Å²) < 4.78 is 0. The van der Waals surface area contributed by atoms with E-state index >= 15 is 0 Å². The molecule has 0 aliphatic heterocycles. The van der Waals surface area contributed by atoms with Crippen molar-refractivity contribution in [3.63, 3.8) is 0 Å². The average molecular weight is 225 g/mol. The van der Waals surface area contributed by atoms with E-state index in [9.17, 15) is 0 Å². The Morgan fingerprint density at radius 2 is 2.31 bits per heavy atom. The lowest BCUT2D eigenvalue weighted by Gasteiger charge is -2.29. The highest BCUT2D eigenvalue weighted by molar-refractivity contribution is 5.09. The first-order chi connectivity index (χ1) is 7.65. The lowest BCUT2D eigenvalue weighted by Crippen LogP contribution is -2.32. The van der Waals surface area contributed by atoms with Gasteiger partial charge in [-0.05, 0) is 50.5 Å². The molecule has 0 unspecified atom stereocenters. The summed E-state index contributed by atoms with van der Waals surface area (Å²) in [5, 5.41) is 12.4. The van der Waals surface area contributed by atoms with Crippen LogP contribution in [0.2, 0.25) is 0 Å². The molecule has 0 aromatic carbocycles. The Labute approximate surface area is 100 Å². The van der Waals surface area contributed by atoms with Gasteiger partial charge in [-0.1, -0.05) is 25.5 Å². The van der Waals surface area contributed by atoms with Gasteiger partial charge in [-0.3, -0.25) is 0 Å². The topological polar surface area (TPSA) is 32.3 Å². The smallest absolute Gasteiger partial charge is 0.0434 e. The van der Waals surface area contributed by atoms with Crippen molar-refractivity contribution < 1.29 is 5.11 Å². The summed E-state index contributed by atoms with van der Waals surface area (Å²) in [6.45, 7) is 9.24. The predicted octanol–water partition coefficient (Wildman–Crippen LogP) is 2.59. The van der Waals surface area contributed by atoms with Gasteiger partial charge in [-0.2, -0.15) is 0 Å². The maximum atomic E-state index is 8.83. The summed E-state index contributed by atoms with van der Waals surface area (Å²) in [6, 6.07) is 0. The fourth-order valence-corrected chi connectivity index (χ4v) is 2.55. The van der Waals surface area contributed by atoms with E-state index in [0.29, 0.717) is 12.5 Å². The number of hydrogen-bond acceptors (Lipinski definition) is 2. The normalized spacial score (nSPS) is 27.6. The Balaban J connectivity index is 2.25. The first-order valence-corrected chi connectivity index (χ1v) is 6.63. The van der Waals surface area contributed by atoms with Crippen LogP contribution in [0.15, 0.2) is 11.6 Å². The van der Waals surface area contributed by atoms with E-state index in [4.69, 9.17) is 5.11 Å². The summed E-state index contributed by atoms with van der Waals surface area (Å²) in [7, 11) is 0. The van der Waals surface area contributed by atoms with E-state index in [1.807, 2.05) is 0 Å². The molecule has 1 aliphatic rings. The summed E-state index contributed by atoms with van der Waals surface area (Å²) in [5.74, 6) is 2.11. The number of allylic oxidation sites excluding steroid dienone is 1. The summed E-state index contributed by atoms with van der Waals surface area (Å²) >= 11 is 0. The molecule has 2 heteroatoms. The maximum absolute atomic E-state index is 8.83. The molecule has 3 atom stereocenters. The number of aliphatic hydroxyl groups excluding tert-OH is 1. The molecule has 1 aliphatic carbocycles. The zero-order valence-electron chi connectivity index (χ0n) is 11.0. The first kappa shape index (κ1) is 13.7. The molecule has 0 amide bonds. The van der Waals surface area contributed by atoms with Gasteiger partial charge in [0, 0.05) is 13.2 Å². The van der Waals surface area contributed by atoms with E-state index in [0.717, 1.165) is 31.3 Å². The molecule has 0 aromatic rings. The van der Waals surface area contributed by atoms with Gasteiger partial charge in [0.2, 0.25) is 0 Å². The molecule has 0 radical (unpaired) electrons. The molecule has 94 valence electrons. The summed E-state index contributed by atoms with van der Waals surface area (Å²) in [4.78, 5) is 0. The molecule has 0 saturated carbocycles. The van der Waals surface area contributed by atoms with Gasteiger partial charge in [0.15, 0.2) is 0 Å². The standard InChI is InChI=1S/C14H27NO/c1-11(7-8-16)9-15-10-14-12(2)5-4-6-13(14)3/h5,11,13-16H,4,6-10H2,1-3H3/t11-,13+,14-/m0/s1. The van der Waals surface area contributed by atoms with Crippen LogP contribution in [-0.2, 0) is 0 Å². The SMILES string of the molecule is CC1=CCC[C@@H](C)[C@H]1CNC[C@@H](C)CCO. The molecule has 2 nitrogen and oxygen atoms in total. The van der Waals surface area contributed by atoms with E-state index in [1.54, 1.807) is 5.57 Å². The lowest BCUT2D eigenvalue weighted by atomic mass is 9.80. The number of aliphatic hydroxyl groups is 1. The zero-order valence-corrected chi connectivity index (χ0v) is 11.0. The van der Waals surface area contributed by atoms with Gasteiger partial charge in [-0.25, -0.2) is 0 Å². The number of nitrogens with one attached hydrogen (secondary N) is 1. The van der Waals surface area contributed by atoms with Gasteiger partial charge in [-0.15, -0.1) is 0 Å². The third-order valence-electron chi connectivity index (χ3n) is 3.84. The highest BCUT2D eigenvalue weighted by Crippen LogP contribution is 2.29. The van der Waals surface area contributed by atoms with Crippen molar-refractivity contribution in [3.8, 4) is 0 Å². The predicted molar refractivity (Wildman–Crippen MR) is 69.4 cm³/mol. The highest BCUT2D eigenvalue weighted by atomic mass is 16.3. The van der Waals surface area contributed by atoms with Crippen molar-refractivity contribution >= 4 is 0 Å². The minimum atomic E-state index is 0.307. The Kier molecular flexibility index (Phi) is 6.07. The van der Waals surface area contributed by atoms with Crippen LogP contribution in [0, 0.1) is 17.8 Å². The summed E-state index contributed by atoms with van der Waals surface area (Å²) in [6.07, 6.45) is 5.88. The lowest BCUT2D eigenvalue weighted by molar-refractivity contribution is 0.257. The van der Waals surface area contributed by atoms with E-state index < -0.39 is 0 Å². The van der Waals surface area contributed by atoms with Crippen molar-refractivity contribution in [2.75, 3.05) is 19.7 Å². The first-order valence-electron chi connectivity index (χ1n) is 6.63. The van der Waals surface area contributed by atoms with Crippen LogP contribution in [-0.4, -0.2) is 24.8 Å². The molecule has 0 bridgehead atoms. The monoisotopic (exact) mass is 225 g/mol. The van der Waals surface area contributed by atoms with Gasteiger partial charge in [0.05, 0.1) is 0 Å². The molecule has 0 heterocycles. The second kappa shape index (κ2) is 7.08. The Hall–Kier alpha value is -0.340. The minimum Gasteiger partial charge on any atom is -0.396 e. The van der Waals surface area contributed by atoms with Crippen LogP contribution in [0.4, 0.5) is 0 Å². The Morgan fingerprint density at radius 3 is 2.94 bits per heavy atom. The second-order valence-corrected chi connectivity index (χ2v) is 5.38. The van der Waals surface area contributed by atoms with E-state index in [2.05, 4.69) is 32.2 Å². The quantitative estimate of drug-likeness (QED) is 0.681. The van der Waals surface area contributed by atoms with Crippen molar-refractivity contribution in [2.24, 2.45) is 17.8 Å². The Morgan fingerprint density at radius 1 is 1.56 bits per heavy atom. The van der Waals surface area contributed by atoms with Crippen LogP contribution in [0.1, 0.15) is 40.0 Å². The van der Waals surface area contributed by atoms with E-state index in [1.165, 1.54) is 12.8 Å². The molecular weight excluding hydrogens is 198 g/mol. The van der Waals surface area contributed by atoms with Crippen LogP contribution < -0.4 is 5.32 Å². The molecule has 0 saturated heterocycles. The van der Waals surface area contributed by atoms with Crippen LogP contribution in [0.25, 0.3) is 0 Å². The van der Waals surface area contributed by atoms with Crippen molar-refractivity contribution in [1.29, 1.82) is 0 Å². The molecular formula is C14H27NO. The highest BCUT2D eigenvalue weighted by Gasteiger charge is 2.21. The molecule has 16 heavy (non-hydrogen) atoms. The van der Waals surface area contributed by atoms with Gasteiger partial charge in [0.25, 0.3) is 0 Å². The average Bonchev–Trinajstić information content (AvgIpc) is 2.23. The molecule has 0 aromatic heterocycles. The van der Waals surface area contributed by atoms with Gasteiger partial charge in [0.1, 0.15) is 0 Å². The van der Waals surface area contributed by atoms with E-state index in [-0.39, 0.29) is 0 Å². The largest absolute Gasteiger partial charge is 0.396 e. The zero-order chi connectivity index (χ0) is 12.0. The minimum absolute atomic E-state index is 0.307. The van der Waals surface area contributed by atoms with Gasteiger partial charge >= 0.3 is 0 Å². The molecule has 0 fully saturated rings. The fourth-order valence-electron chi connectivity index (χ4n) is 2.55. The molecule has 2 N–H and O–H groups in total. The van der Waals surface area contributed by atoms with Crippen molar-refractivity contribution in [2.45, 2.75) is 40.0 Å². The Bertz CT molecular complexity index is 225. The van der Waals surface area contributed by atoms with Crippen molar-refractivity contribution in [1.82, 2.24) is 5.32 Å². The fraction of sp³-hybridized carbons (Fsp3) is 0.857. The third kappa shape index (κ3) is 4.26. The second-order valence-electron chi connectivity index (χ2n) is 5.38. The van der Waals surface area contributed by atoms with Crippen LogP contribution in [0.3, 0.4) is 0 Å². The third-order valence-corrected chi connectivity index (χ3v) is 3.84. The van der Waals surface area contributed by atoms with Crippen molar-refractivity contribution in [3.05, 3.63) is 11.6 Å². The van der Waals surface area contributed by atoms with Crippen LogP contribution in [0.5, 0.6) is 0 Å².